The predicted molar refractivity (Wildman–Crippen MR) is 115 cm³/mol. The lowest BCUT2D eigenvalue weighted by Gasteiger charge is -2.14. The van der Waals surface area contributed by atoms with Crippen LogP contribution in [0.5, 0.6) is 11.5 Å². The van der Waals surface area contributed by atoms with E-state index in [0.29, 0.717) is 30.8 Å². The number of hydrogen-bond donors (Lipinski definition) is 0. The number of methoxy groups -OCH3 is 1. The molecule has 4 nitrogen and oxygen atoms in total. The van der Waals surface area contributed by atoms with Crippen LogP contribution >= 0.6 is 33.2 Å². The largest absolute Gasteiger partial charge is 0.490 e. The topological polar surface area (TPSA) is 44.8 Å². The molecule has 0 bridgehead atoms. The Morgan fingerprint density at radius 1 is 1.04 bits per heavy atom. The summed E-state index contributed by atoms with van der Waals surface area (Å²) in [6.45, 7) is 3.29. The van der Waals surface area contributed by atoms with Crippen molar-refractivity contribution in [3.8, 4) is 11.5 Å². The highest BCUT2D eigenvalue weighted by Crippen LogP contribution is 2.30. The van der Waals surface area contributed by atoms with Crippen LogP contribution in [-0.2, 0) is 9.53 Å². The summed E-state index contributed by atoms with van der Waals surface area (Å²) in [6.07, 6.45) is 7.89. The molecule has 0 saturated carbocycles. The fraction of sp³-hybridized carbons (Fsp3) is 0.526. The van der Waals surface area contributed by atoms with Gasteiger partial charge in [-0.3, -0.25) is 0 Å². The number of carbonyl (C=O) groups is 1. The van der Waals surface area contributed by atoms with E-state index in [0.717, 1.165) is 37.7 Å². The lowest BCUT2D eigenvalue weighted by atomic mass is 10.2. The van der Waals surface area contributed by atoms with Gasteiger partial charge in [-0.05, 0) is 49.1 Å². The number of benzene rings is 1. The fourth-order valence-corrected chi connectivity index (χ4v) is 4.09. The van der Waals surface area contributed by atoms with Crippen LogP contribution in [0.15, 0.2) is 24.3 Å². The molecular weight excluding hydrogens is 427 g/mol. The van der Waals surface area contributed by atoms with Crippen molar-refractivity contribution in [3.63, 3.8) is 0 Å². The zero-order valence-corrected chi connectivity index (χ0v) is 19.1. The third-order valence-corrected chi connectivity index (χ3v) is 6.32. The molecule has 27 heavy (non-hydrogen) atoms. The van der Waals surface area contributed by atoms with Crippen molar-refractivity contribution >= 4 is 51.3 Å². The number of carbonyl (C=O) groups excluding carboxylic acids is 1. The highest BCUT2D eigenvalue weighted by Gasteiger charge is 2.23. The summed E-state index contributed by atoms with van der Waals surface area (Å²) in [5, 5.41) is 0. The first kappa shape index (κ1) is 24.2. The van der Waals surface area contributed by atoms with Gasteiger partial charge in [-0.1, -0.05) is 25.8 Å². The molecule has 152 valence electrons. The average Bonchev–Trinajstić information content (AvgIpc) is 2.63. The lowest BCUT2D eigenvalue weighted by molar-refractivity contribution is -0.134. The fourth-order valence-electron chi connectivity index (χ4n) is 2.24. The van der Waals surface area contributed by atoms with E-state index in [9.17, 15) is 4.79 Å². The Morgan fingerprint density at radius 3 is 2.33 bits per heavy atom. The summed E-state index contributed by atoms with van der Waals surface area (Å²) < 4.78 is 16.4. The van der Waals surface area contributed by atoms with Crippen LogP contribution in [0.3, 0.4) is 0 Å². The van der Waals surface area contributed by atoms with Gasteiger partial charge in [0.1, 0.15) is 0 Å². The van der Waals surface area contributed by atoms with Gasteiger partial charge < -0.3 is 14.2 Å². The number of esters is 1. The van der Waals surface area contributed by atoms with Crippen molar-refractivity contribution in [2.75, 3.05) is 20.3 Å². The van der Waals surface area contributed by atoms with E-state index in [1.54, 1.807) is 6.08 Å². The maximum atomic E-state index is 11.3. The number of halogens is 3. The Morgan fingerprint density at radius 2 is 1.70 bits per heavy atom. The Balaban J connectivity index is 2.70. The molecule has 0 amide bonds. The van der Waals surface area contributed by atoms with E-state index >= 15 is 0 Å². The van der Waals surface area contributed by atoms with E-state index in [1.165, 1.54) is 13.2 Å². The number of unbranched alkanes of at least 4 members (excludes halogenated alkanes) is 3. The molecule has 0 unspecified atom stereocenters. The molecule has 0 spiro atoms. The monoisotopic (exact) mass is 452 g/mol. The maximum absolute atomic E-state index is 11.3. The molecule has 8 heteroatoms. The first-order chi connectivity index (χ1) is 12.9. The average molecular weight is 454 g/mol. The first-order valence-electron chi connectivity index (χ1n) is 9.08. The molecule has 0 radical (unpaired) electrons. The quantitative estimate of drug-likeness (QED) is 0.116. The third kappa shape index (κ3) is 11.5. The molecule has 0 fully saturated rings. The Kier molecular flexibility index (Phi) is 11.9. The molecule has 0 N–H and O–H groups in total. The summed E-state index contributed by atoms with van der Waals surface area (Å²) >= 11 is 17.7. The van der Waals surface area contributed by atoms with Gasteiger partial charge in [-0.25, -0.2) is 4.79 Å². The van der Waals surface area contributed by atoms with Crippen molar-refractivity contribution in [2.24, 2.45) is 0 Å². The predicted octanol–water partition coefficient (Wildman–Crippen LogP) is 6.26. The SMILES string of the molecule is CCCCCOc1ccc(/C=C/C(=O)OC)cc1OCCCC[Si](Cl)(Cl)Cl. The lowest BCUT2D eigenvalue weighted by Crippen LogP contribution is -2.09. The van der Waals surface area contributed by atoms with Crippen LogP contribution < -0.4 is 9.47 Å². The Bertz CT molecular complexity index is 603. The maximum Gasteiger partial charge on any atom is 0.341 e. The minimum absolute atomic E-state index is 0.409. The van der Waals surface area contributed by atoms with Gasteiger partial charge in [0.15, 0.2) is 11.5 Å². The van der Waals surface area contributed by atoms with Crippen molar-refractivity contribution in [1.29, 1.82) is 0 Å². The third-order valence-electron chi connectivity index (χ3n) is 3.70. The molecular formula is C19H27Cl3O4Si. The van der Waals surface area contributed by atoms with Crippen LogP contribution in [-0.4, -0.2) is 32.3 Å². The molecule has 0 aliphatic carbocycles. The second kappa shape index (κ2) is 13.3. The molecule has 0 aliphatic rings. The molecule has 1 aromatic carbocycles. The Hall–Kier alpha value is -0.883. The summed E-state index contributed by atoms with van der Waals surface area (Å²) in [6, 6.07) is 3.61. The first-order valence-corrected chi connectivity index (χ1v) is 14.3. The summed E-state index contributed by atoms with van der Waals surface area (Å²) in [5.74, 6) is 0.926. The van der Waals surface area contributed by atoms with Crippen molar-refractivity contribution in [3.05, 3.63) is 29.8 Å². The minimum atomic E-state index is -2.57. The zero-order chi connectivity index (χ0) is 20.1. The zero-order valence-electron chi connectivity index (χ0n) is 15.8. The van der Waals surface area contributed by atoms with Gasteiger partial charge in [0, 0.05) is 6.08 Å². The van der Waals surface area contributed by atoms with E-state index in [4.69, 9.17) is 42.7 Å². The molecule has 1 rings (SSSR count). The normalized spacial score (nSPS) is 11.6. The van der Waals surface area contributed by atoms with Gasteiger partial charge in [0.05, 0.1) is 20.3 Å². The summed E-state index contributed by atoms with van der Waals surface area (Å²) in [4.78, 5) is 11.3. The molecule has 0 aromatic heterocycles. The van der Waals surface area contributed by atoms with E-state index in [-0.39, 0.29) is 0 Å². The number of hydrogen-bond acceptors (Lipinski definition) is 4. The highest BCUT2D eigenvalue weighted by atomic mass is 35.8. The highest BCUT2D eigenvalue weighted by molar-refractivity contribution is 7.64. The van der Waals surface area contributed by atoms with Gasteiger partial charge in [-0.15, -0.1) is 33.2 Å². The number of rotatable bonds is 13. The van der Waals surface area contributed by atoms with E-state index in [1.807, 2.05) is 18.2 Å². The van der Waals surface area contributed by atoms with Crippen LogP contribution in [0.4, 0.5) is 0 Å². The molecule has 0 atom stereocenters. The summed E-state index contributed by atoms with van der Waals surface area (Å²) in [5.41, 5.74) is 0.824. The van der Waals surface area contributed by atoms with Gasteiger partial charge in [0.25, 0.3) is 0 Å². The van der Waals surface area contributed by atoms with Crippen LogP contribution in [0.1, 0.15) is 44.6 Å². The second-order valence-corrected chi connectivity index (χ2v) is 15.3. The van der Waals surface area contributed by atoms with Crippen LogP contribution in [0, 0.1) is 0 Å². The second-order valence-electron chi connectivity index (χ2n) is 6.04. The van der Waals surface area contributed by atoms with Crippen molar-refractivity contribution in [2.45, 2.75) is 45.1 Å². The smallest absolute Gasteiger partial charge is 0.341 e. The van der Waals surface area contributed by atoms with Crippen LogP contribution in [0.2, 0.25) is 6.04 Å². The van der Waals surface area contributed by atoms with Crippen LogP contribution in [0.25, 0.3) is 6.08 Å². The molecule has 1 aromatic rings. The molecule has 0 heterocycles. The molecule has 0 aliphatic heterocycles. The van der Waals surface area contributed by atoms with Crippen molar-refractivity contribution in [1.82, 2.24) is 0 Å². The van der Waals surface area contributed by atoms with Gasteiger partial charge in [-0.2, -0.15) is 0 Å². The summed E-state index contributed by atoms with van der Waals surface area (Å²) in [7, 11) is 1.34. The van der Waals surface area contributed by atoms with E-state index < -0.39 is 12.0 Å². The Labute approximate surface area is 176 Å². The van der Waals surface area contributed by atoms with E-state index in [2.05, 4.69) is 11.7 Å². The number of ether oxygens (including phenoxy) is 3. The molecule has 0 saturated heterocycles. The van der Waals surface area contributed by atoms with Gasteiger partial charge >= 0.3 is 12.0 Å². The standard InChI is InChI=1S/C19H27Cl3O4Si/c1-3-4-5-12-25-17-10-8-16(9-11-19(23)24-2)15-18(17)26-13-6-7-14-27(20,21)22/h8-11,15H,3-7,12-14H2,1-2H3/b11-9+. The van der Waals surface area contributed by atoms with Crippen molar-refractivity contribution < 1.29 is 19.0 Å². The minimum Gasteiger partial charge on any atom is -0.490 e. The van der Waals surface area contributed by atoms with Gasteiger partial charge in [0.2, 0.25) is 0 Å².